The molecule has 1 aromatic carbocycles. The lowest BCUT2D eigenvalue weighted by atomic mass is 10.0. The first-order valence-corrected chi connectivity index (χ1v) is 12.6. The minimum absolute atomic E-state index is 0.260. The molecule has 1 aliphatic heterocycles. The maximum absolute atomic E-state index is 12.6. The number of anilines is 4. The van der Waals surface area contributed by atoms with Gasteiger partial charge in [0.1, 0.15) is 11.8 Å². The van der Waals surface area contributed by atoms with Crippen molar-refractivity contribution >= 4 is 34.4 Å². The van der Waals surface area contributed by atoms with E-state index in [1.54, 1.807) is 36.0 Å². The summed E-state index contributed by atoms with van der Waals surface area (Å²) in [4.78, 5) is 26.0. The van der Waals surface area contributed by atoms with Crippen molar-refractivity contribution in [3.05, 3.63) is 79.3 Å². The van der Waals surface area contributed by atoms with E-state index in [0.717, 1.165) is 24.3 Å². The van der Waals surface area contributed by atoms with E-state index in [1.165, 1.54) is 12.3 Å². The number of methoxy groups -OCH3 is 1. The molecule has 1 amide bonds. The van der Waals surface area contributed by atoms with Crippen LogP contribution < -0.4 is 20.3 Å². The topological polar surface area (TPSA) is 124 Å². The molecule has 0 atom stereocenters. The van der Waals surface area contributed by atoms with Gasteiger partial charge in [0.25, 0.3) is 0 Å². The minimum Gasteiger partial charge on any atom is -0.494 e. The van der Waals surface area contributed by atoms with Crippen LogP contribution in [0.4, 0.5) is 23.0 Å². The lowest BCUT2D eigenvalue weighted by molar-refractivity contribution is -0.111. The number of benzene rings is 1. The summed E-state index contributed by atoms with van der Waals surface area (Å²) in [5.41, 5.74) is 4.30. The van der Waals surface area contributed by atoms with Crippen LogP contribution in [0.2, 0.25) is 0 Å². The van der Waals surface area contributed by atoms with Crippen LogP contribution in [-0.4, -0.2) is 70.7 Å². The summed E-state index contributed by atoms with van der Waals surface area (Å²) in [7, 11) is 5.69. The minimum atomic E-state index is -0.285. The van der Waals surface area contributed by atoms with Gasteiger partial charge in [-0.1, -0.05) is 24.8 Å². The number of hydrogen-bond acceptors (Lipinski definition) is 9. The number of carbonyl (C=O) groups is 1. The first-order chi connectivity index (χ1) is 19.4. The standard InChI is InChI=1S/C29H29N9O2/c1-5-6-10-27(39)33-22-12-23(26(40-4)13-25(22)37-17-20(18-37)36(2)3)34-29-31-15-19(14-30)28(35-29)21-16-32-38-11-8-7-9-24(21)38/h5-13,15-16,20H,1,17-18H2,2-4H3,(H,33,39)(H,31,34,35)/b10-6+. The molecule has 1 fully saturated rings. The second kappa shape index (κ2) is 11.3. The van der Waals surface area contributed by atoms with Gasteiger partial charge < -0.3 is 25.2 Å². The van der Waals surface area contributed by atoms with Crippen molar-refractivity contribution in [2.24, 2.45) is 0 Å². The zero-order valence-electron chi connectivity index (χ0n) is 22.5. The van der Waals surface area contributed by atoms with Crippen LogP contribution in [0.25, 0.3) is 16.8 Å². The molecule has 4 heterocycles. The highest BCUT2D eigenvalue weighted by Gasteiger charge is 2.31. The lowest BCUT2D eigenvalue weighted by Crippen LogP contribution is -2.57. The smallest absolute Gasteiger partial charge is 0.248 e. The van der Waals surface area contributed by atoms with Crippen LogP contribution >= 0.6 is 0 Å². The van der Waals surface area contributed by atoms with E-state index < -0.39 is 0 Å². The van der Waals surface area contributed by atoms with Crippen molar-refractivity contribution in [2.45, 2.75) is 6.04 Å². The predicted molar refractivity (Wildman–Crippen MR) is 155 cm³/mol. The highest BCUT2D eigenvalue weighted by Crippen LogP contribution is 2.40. The van der Waals surface area contributed by atoms with E-state index in [4.69, 9.17) is 4.74 Å². The number of aromatic nitrogens is 4. The molecule has 5 rings (SSSR count). The van der Waals surface area contributed by atoms with Gasteiger partial charge in [0.15, 0.2) is 0 Å². The average molecular weight is 536 g/mol. The molecule has 4 aromatic rings. The third kappa shape index (κ3) is 5.21. The van der Waals surface area contributed by atoms with Crippen molar-refractivity contribution in [1.82, 2.24) is 24.5 Å². The molecule has 1 saturated heterocycles. The van der Waals surface area contributed by atoms with Gasteiger partial charge >= 0.3 is 0 Å². The normalized spacial score (nSPS) is 13.3. The highest BCUT2D eigenvalue weighted by molar-refractivity contribution is 6.02. The Kier molecular flexibility index (Phi) is 7.43. The zero-order valence-corrected chi connectivity index (χ0v) is 22.5. The molecule has 3 aromatic heterocycles. The van der Waals surface area contributed by atoms with Gasteiger partial charge in [-0.15, -0.1) is 0 Å². The van der Waals surface area contributed by atoms with Crippen molar-refractivity contribution in [3.63, 3.8) is 0 Å². The Morgan fingerprint density at radius 3 is 2.80 bits per heavy atom. The second-order valence-corrected chi connectivity index (χ2v) is 9.46. The van der Waals surface area contributed by atoms with E-state index in [9.17, 15) is 10.1 Å². The summed E-state index contributed by atoms with van der Waals surface area (Å²) >= 11 is 0. The molecule has 11 heteroatoms. The molecule has 11 nitrogen and oxygen atoms in total. The van der Waals surface area contributed by atoms with E-state index >= 15 is 0 Å². The van der Waals surface area contributed by atoms with Gasteiger partial charge in [0.05, 0.1) is 53.3 Å². The van der Waals surface area contributed by atoms with E-state index in [1.807, 2.05) is 30.5 Å². The largest absolute Gasteiger partial charge is 0.494 e. The molecule has 0 spiro atoms. The van der Waals surface area contributed by atoms with Gasteiger partial charge in [0, 0.05) is 43.0 Å². The fourth-order valence-corrected chi connectivity index (χ4v) is 4.47. The van der Waals surface area contributed by atoms with Gasteiger partial charge in [-0.2, -0.15) is 10.4 Å². The Morgan fingerprint density at radius 1 is 1.25 bits per heavy atom. The number of pyridine rings is 1. The molecule has 40 heavy (non-hydrogen) atoms. The second-order valence-electron chi connectivity index (χ2n) is 9.46. The number of amides is 1. The lowest BCUT2D eigenvalue weighted by Gasteiger charge is -2.45. The van der Waals surface area contributed by atoms with Crippen LogP contribution in [0.5, 0.6) is 5.75 Å². The van der Waals surface area contributed by atoms with Crippen LogP contribution in [0.1, 0.15) is 5.56 Å². The number of ether oxygens (including phenoxy) is 1. The third-order valence-electron chi connectivity index (χ3n) is 6.73. The Hall–Kier alpha value is -5.21. The number of hydrogen-bond donors (Lipinski definition) is 2. The number of nitrogens with one attached hydrogen (secondary N) is 2. The van der Waals surface area contributed by atoms with Crippen molar-refractivity contribution in [1.29, 1.82) is 5.26 Å². The molecule has 0 bridgehead atoms. The summed E-state index contributed by atoms with van der Waals surface area (Å²) in [6, 6.07) is 12.0. The Morgan fingerprint density at radius 2 is 2.08 bits per heavy atom. The fraction of sp³-hybridized carbons (Fsp3) is 0.207. The number of nitrogens with zero attached hydrogens (tertiary/aromatic N) is 7. The maximum atomic E-state index is 12.6. The van der Waals surface area contributed by atoms with Crippen LogP contribution in [0, 0.1) is 11.3 Å². The van der Waals surface area contributed by atoms with Crippen molar-refractivity contribution in [3.8, 4) is 23.1 Å². The molecular formula is C29H29N9O2. The molecule has 0 radical (unpaired) electrons. The van der Waals surface area contributed by atoms with Crippen LogP contribution in [-0.2, 0) is 4.79 Å². The fourth-order valence-electron chi connectivity index (χ4n) is 4.47. The quantitative estimate of drug-likeness (QED) is 0.243. The number of rotatable bonds is 9. The molecule has 0 unspecified atom stereocenters. The Labute approximate surface area is 232 Å². The maximum Gasteiger partial charge on any atom is 0.248 e. The first-order valence-electron chi connectivity index (χ1n) is 12.6. The average Bonchev–Trinajstić information content (AvgIpc) is 3.36. The number of nitriles is 1. The number of likely N-dealkylation sites (N-methyl/N-ethyl adjacent to an activating group) is 1. The molecule has 202 valence electrons. The summed E-state index contributed by atoms with van der Waals surface area (Å²) in [5, 5.41) is 20.3. The zero-order chi connectivity index (χ0) is 28.2. The van der Waals surface area contributed by atoms with E-state index in [-0.39, 0.29) is 11.9 Å². The SMILES string of the molecule is C=C/C=C/C(=O)Nc1cc(Nc2ncc(C#N)c(-c3cnn4ccccc34)n2)c(OC)cc1N1CC(N(C)C)C1. The van der Waals surface area contributed by atoms with Crippen molar-refractivity contribution < 1.29 is 9.53 Å². The molecule has 1 aliphatic rings. The number of allylic oxidation sites excluding steroid dienone is 2. The number of carbonyl (C=O) groups excluding carboxylic acids is 1. The molecule has 0 saturated carbocycles. The van der Waals surface area contributed by atoms with Crippen LogP contribution in [0.3, 0.4) is 0 Å². The summed E-state index contributed by atoms with van der Waals surface area (Å²) in [5.74, 6) is 0.524. The summed E-state index contributed by atoms with van der Waals surface area (Å²) in [6.07, 6.45) is 9.52. The van der Waals surface area contributed by atoms with Crippen LogP contribution in [0.15, 0.2) is 73.7 Å². The Balaban J connectivity index is 1.52. The third-order valence-corrected chi connectivity index (χ3v) is 6.73. The monoisotopic (exact) mass is 535 g/mol. The van der Waals surface area contributed by atoms with Gasteiger partial charge in [0.2, 0.25) is 11.9 Å². The van der Waals surface area contributed by atoms with Gasteiger partial charge in [-0.3, -0.25) is 4.79 Å². The Bertz CT molecular complexity index is 1650. The molecule has 0 aliphatic carbocycles. The summed E-state index contributed by atoms with van der Waals surface area (Å²) < 4.78 is 7.44. The van der Waals surface area contributed by atoms with Gasteiger partial charge in [-0.05, 0) is 32.3 Å². The summed E-state index contributed by atoms with van der Waals surface area (Å²) in [6.45, 7) is 5.26. The molecule has 2 N–H and O–H groups in total. The predicted octanol–water partition coefficient (Wildman–Crippen LogP) is 3.85. The van der Waals surface area contributed by atoms with E-state index in [2.05, 4.69) is 62.2 Å². The highest BCUT2D eigenvalue weighted by atomic mass is 16.5. The first kappa shape index (κ1) is 26.4. The van der Waals surface area contributed by atoms with Gasteiger partial charge in [-0.25, -0.2) is 14.5 Å². The van der Waals surface area contributed by atoms with Crippen molar-refractivity contribution in [2.75, 3.05) is 49.8 Å². The number of fused-ring (bicyclic) bond motifs is 1. The molecular weight excluding hydrogens is 506 g/mol. The van der Waals surface area contributed by atoms with E-state index in [0.29, 0.717) is 40.0 Å².